The molecule has 1 atom stereocenters. The molecule has 1 aromatic heterocycles. The van der Waals surface area contributed by atoms with Gasteiger partial charge in [0.15, 0.2) is 0 Å². The number of furan rings is 1. The van der Waals surface area contributed by atoms with E-state index in [2.05, 4.69) is 17.0 Å². The second-order valence-electron chi connectivity index (χ2n) is 4.44. The van der Waals surface area contributed by atoms with Crippen molar-refractivity contribution in [3.05, 3.63) is 42.2 Å². The van der Waals surface area contributed by atoms with E-state index in [4.69, 9.17) is 10.2 Å². The predicted molar refractivity (Wildman–Crippen MR) is 71.1 cm³/mol. The first kappa shape index (κ1) is 11.7. The SMILES string of the molecule is CC(N)c1ccc(-c2cccc(N(C)C)c2)o1. The molecule has 2 aromatic rings. The Balaban J connectivity index is 2.35. The van der Waals surface area contributed by atoms with Crippen LogP contribution in [0.4, 0.5) is 5.69 Å². The number of nitrogens with zero attached hydrogens (tertiary/aromatic N) is 1. The summed E-state index contributed by atoms with van der Waals surface area (Å²) < 4.78 is 5.72. The van der Waals surface area contributed by atoms with Crippen LogP contribution in [0.1, 0.15) is 18.7 Å². The summed E-state index contributed by atoms with van der Waals surface area (Å²) in [5.41, 5.74) is 8.01. The lowest BCUT2D eigenvalue weighted by Gasteiger charge is -2.12. The van der Waals surface area contributed by atoms with Crippen molar-refractivity contribution in [2.24, 2.45) is 5.73 Å². The Morgan fingerprint density at radius 2 is 1.94 bits per heavy atom. The van der Waals surface area contributed by atoms with Gasteiger partial charge >= 0.3 is 0 Å². The van der Waals surface area contributed by atoms with Crippen molar-refractivity contribution in [2.45, 2.75) is 13.0 Å². The molecule has 0 fully saturated rings. The van der Waals surface area contributed by atoms with Gasteiger partial charge in [-0.1, -0.05) is 12.1 Å². The monoisotopic (exact) mass is 230 g/mol. The van der Waals surface area contributed by atoms with Gasteiger partial charge in [-0.25, -0.2) is 0 Å². The maximum Gasteiger partial charge on any atom is 0.134 e. The lowest BCUT2D eigenvalue weighted by atomic mass is 10.1. The van der Waals surface area contributed by atoms with Crippen molar-refractivity contribution >= 4 is 5.69 Å². The van der Waals surface area contributed by atoms with Gasteiger partial charge in [-0.15, -0.1) is 0 Å². The summed E-state index contributed by atoms with van der Waals surface area (Å²) in [6.07, 6.45) is 0. The van der Waals surface area contributed by atoms with Gasteiger partial charge in [-0.3, -0.25) is 0 Å². The van der Waals surface area contributed by atoms with E-state index in [0.29, 0.717) is 0 Å². The largest absolute Gasteiger partial charge is 0.459 e. The molecule has 0 saturated heterocycles. The highest BCUT2D eigenvalue weighted by molar-refractivity contribution is 5.64. The molecule has 0 spiro atoms. The molecule has 90 valence electrons. The van der Waals surface area contributed by atoms with Gasteiger partial charge in [0, 0.05) is 25.3 Å². The minimum Gasteiger partial charge on any atom is -0.459 e. The molecule has 1 unspecified atom stereocenters. The second-order valence-corrected chi connectivity index (χ2v) is 4.44. The van der Waals surface area contributed by atoms with Crippen LogP contribution in [-0.2, 0) is 0 Å². The van der Waals surface area contributed by atoms with Crippen LogP contribution in [0.25, 0.3) is 11.3 Å². The van der Waals surface area contributed by atoms with Crippen molar-refractivity contribution in [2.75, 3.05) is 19.0 Å². The van der Waals surface area contributed by atoms with Gasteiger partial charge in [0.25, 0.3) is 0 Å². The molecule has 2 rings (SSSR count). The van der Waals surface area contributed by atoms with Gasteiger partial charge < -0.3 is 15.1 Å². The van der Waals surface area contributed by atoms with Crippen molar-refractivity contribution in [1.29, 1.82) is 0 Å². The Morgan fingerprint density at radius 3 is 2.53 bits per heavy atom. The highest BCUT2D eigenvalue weighted by Gasteiger charge is 2.08. The second kappa shape index (κ2) is 4.63. The first-order valence-electron chi connectivity index (χ1n) is 5.71. The van der Waals surface area contributed by atoms with Crippen molar-refractivity contribution in [3.63, 3.8) is 0 Å². The average Bonchev–Trinajstić information content (AvgIpc) is 2.78. The molecule has 3 heteroatoms. The molecule has 0 bridgehead atoms. The lowest BCUT2D eigenvalue weighted by Crippen LogP contribution is -2.08. The fraction of sp³-hybridized carbons (Fsp3) is 0.286. The molecule has 17 heavy (non-hydrogen) atoms. The summed E-state index contributed by atoms with van der Waals surface area (Å²) in [6, 6.07) is 12.1. The number of nitrogens with two attached hydrogens (primary N) is 1. The van der Waals surface area contributed by atoms with E-state index in [1.54, 1.807) is 0 Å². The van der Waals surface area contributed by atoms with Crippen molar-refractivity contribution in [3.8, 4) is 11.3 Å². The summed E-state index contributed by atoms with van der Waals surface area (Å²) in [5.74, 6) is 1.68. The molecule has 0 aliphatic rings. The third-order valence-corrected chi connectivity index (χ3v) is 2.72. The fourth-order valence-electron chi connectivity index (χ4n) is 1.69. The maximum absolute atomic E-state index is 5.78. The van der Waals surface area contributed by atoms with Gasteiger partial charge in [0.05, 0.1) is 6.04 Å². The first-order chi connectivity index (χ1) is 8.08. The zero-order valence-electron chi connectivity index (χ0n) is 10.5. The Bertz CT molecular complexity index is 500. The van der Waals surface area contributed by atoms with Crippen LogP contribution < -0.4 is 10.6 Å². The number of benzene rings is 1. The van der Waals surface area contributed by atoms with Crippen molar-refractivity contribution in [1.82, 2.24) is 0 Å². The van der Waals surface area contributed by atoms with Crippen LogP contribution in [0.15, 0.2) is 40.8 Å². The molecule has 0 radical (unpaired) electrons. The molecule has 2 N–H and O–H groups in total. The molecule has 0 amide bonds. The van der Waals surface area contributed by atoms with Gasteiger partial charge in [-0.05, 0) is 31.2 Å². The van der Waals surface area contributed by atoms with Crippen LogP contribution in [-0.4, -0.2) is 14.1 Å². The van der Waals surface area contributed by atoms with E-state index in [0.717, 1.165) is 22.8 Å². The lowest BCUT2D eigenvalue weighted by molar-refractivity contribution is 0.491. The topological polar surface area (TPSA) is 42.4 Å². The molecule has 1 aromatic carbocycles. The van der Waals surface area contributed by atoms with Gasteiger partial charge in [0.1, 0.15) is 11.5 Å². The minimum atomic E-state index is -0.0687. The Hall–Kier alpha value is -1.74. The molecular weight excluding hydrogens is 212 g/mol. The number of anilines is 1. The predicted octanol–water partition coefficient (Wildman–Crippen LogP) is 3.03. The van der Waals surface area contributed by atoms with E-state index < -0.39 is 0 Å². The van der Waals surface area contributed by atoms with E-state index in [-0.39, 0.29) is 6.04 Å². The summed E-state index contributed by atoms with van der Waals surface area (Å²) in [6.45, 7) is 1.92. The van der Waals surface area contributed by atoms with Crippen LogP contribution in [0.3, 0.4) is 0 Å². The Kier molecular flexibility index (Phi) is 3.20. The van der Waals surface area contributed by atoms with Gasteiger partial charge in [0.2, 0.25) is 0 Å². The Morgan fingerprint density at radius 1 is 1.18 bits per heavy atom. The van der Waals surface area contributed by atoms with E-state index >= 15 is 0 Å². The highest BCUT2D eigenvalue weighted by atomic mass is 16.3. The summed E-state index contributed by atoms with van der Waals surface area (Å²) in [4.78, 5) is 2.07. The van der Waals surface area contributed by atoms with Crippen molar-refractivity contribution < 1.29 is 4.42 Å². The summed E-state index contributed by atoms with van der Waals surface area (Å²) >= 11 is 0. The zero-order chi connectivity index (χ0) is 12.4. The summed E-state index contributed by atoms with van der Waals surface area (Å²) in [5, 5.41) is 0. The van der Waals surface area contributed by atoms with Gasteiger partial charge in [-0.2, -0.15) is 0 Å². The van der Waals surface area contributed by atoms with Crippen LogP contribution in [0.5, 0.6) is 0 Å². The normalized spacial score (nSPS) is 12.5. The summed E-state index contributed by atoms with van der Waals surface area (Å²) in [7, 11) is 4.04. The van der Waals surface area contributed by atoms with Crippen LogP contribution in [0.2, 0.25) is 0 Å². The molecular formula is C14H18N2O. The molecule has 0 aliphatic carbocycles. The Labute approximate surface area is 102 Å². The quantitative estimate of drug-likeness (QED) is 0.881. The van der Waals surface area contributed by atoms with Crippen LogP contribution >= 0.6 is 0 Å². The molecule has 0 aliphatic heterocycles. The number of rotatable bonds is 3. The van der Waals surface area contributed by atoms with E-state index in [1.165, 1.54) is 0 Å². The molecule has 0 saturated carbocycles. The third kappa shape index (κ3) is 2.50. The molecule has 3 nitrogen and oxygen atoms in total. The third-order valence-electron chi connectivity index (χ3n) is 2.72. The molecule has 1 heterocycles. The zero-order valence-corrected chi connectivity index (χ0v) is 10.5. The first-order valence-corrected chi connectivity index (χ1v) is 5.71. The van der Waals surface area contributed by atoms with E-state index in [1.807, 2.05) is 45.3 Å². The minimum absolute atomic E-state index is 0.0687. The maximum atomic E-state index is 5.78. The standard InChI is InChI=1S/C14H18N2O/c1-10(15)13-7-8-14(17-13)11-5-4-6-12(9-11)16(2)3/h4-10H,15H2,1-3H3. The van der Waals surface area contributed by atoms with E-state index in [9.17, 15) is 0 Å². The smallest absolute Gasteiger partial charge is 0.134 e. The number of hydrogen-bond acceptors (Lipinski definition) is 3. The fourth-order valence-corrected chi connectivity index (χ4v) is 1.69. The average molecular weight is 230 g/mol. The van der Waals surface area contributed by atoms with Crippen LogP contribution in [0, 0.1) is 0 Å². The number of hydrogen-bond donors (Lipinski definition) is 1. The highest BCUT2D eigenvalue weighted by Crippen LogP contribution is 2.27.